The van der Waals surface area contributed by atoms with Crippen LogP contribution in [0.1, 0.15) is 22.8 Å². The van der Waals surface area contributed by atoms with Gasteiger partial charge in [0.25, 0.3) is 5.91 Å². The summed E-state index contributed by atoms with van der Waals surface area (Å²) in [6.45, 7) is 1.86. The lowest BCUT2D eigenvalue weighted by molar-refractivity contribution is 0.0954. The topological polar surface area (TPSA) is 63.6 Å². The number of nitrogens with zero attached hydrogens (tertiary/aromatic N) is 2. The highest BCUT2D eigenvalue weighted by atomic mass is 16.5. The fourth-order valence-electron chi connectivity index (χ4n) is 1.87. The summed E-state index contributed by atoms with van der Waals surface area (Å²) in [7, 11) is 1.63. The fourth-order valence-corrected chi connectivity index (χ4v) is 1.87. The average Bonchev–Trinajstić information content (AvgIpc) is 2.54. The highest BCUT2D eigenvalue weighted by Crippen LogP contribution is 2.17. The molecule has 1 aromatic carbocycles. The lowest BCUT2D eigenvalue weighted by Crippen LogP contribution is -2.19. The summed E-state index contributed by atoms with van der Waals surface area (Å²) in [5.74, 6) is 0.535. The fraction of sp³-hybridized carbons (Fsp3) is 0.188. The number of carbonyl (C=O) groups excluding carboxylic acids is 1. The van der Waals surface area contributed by atoms with Gasteiger partial charge in [-0.05, 0) is 30.7 Å². The molecular formula is C16H17N3O2. The maximum Gasteiger partial charge on any atom is 0.272 e. The van der Waals surface area contributed by atoms with Crippen molar-refractivity contribution in [3.05, 3.63) is 59.9 Å². The summed E-state index contributed by atoms with van der Waals surface area (Å²) in [5, 5.41) is 4.10. The van der Waals surface area contributed by atoms with Gasteiger partial charge in [0, 0.05) is 24.5 Å². The lowest BCUT2D eigenvalue weighted by Gasteiger charge is -2.08. The first kappa shape index (κ1) is 14.7. The molecule has 0 spiro atoms. The minimum atomic E-state index is -0.275. The van der Waals surface area contributed by atoms with Crippen LogP contribution in [0.4, 0.5) is 0 Å². The molecule has 1 N–H and O–H groups in total. The molecule has 2 aromatic rings. The molecule has 0 fully saturated rings. The summed E-state index contributed by atoms with van der Waals surface area (Å²) in [6.07, 6.45) is 3.73. The molecule has 108 valence electrons. The summed E-state index contributed by atoms with van der Waals surface area (Å²) in [6, 6.07) is 11.1. The highest BCUT2D eigenvalue weighted by Gasteiger charge is 2.06. The molecule has 5 heteroatoms. The number of para-hydroxylation sites is 1. The Morgan fingerprint density at radius 3 is 2.81 bits per heavy atom. The van der Waals surface area contributed by atoms with E-state index in [2.05, 4.69) is 15.5 Å². The molecule has 1 heterocycles. The van der Waals surface area contributed by atoms with E-state index in [1.165, 1.54) is 6.20 Å². The quantitative estimate of drug-likeness (QED) is 0.677. The van der Waals surface area contributed by atoms with Gasteiger partial charge in [-0.3, -0.25) is 9.78 Å². The molecular weight excluding hydrogens is 266 g/mol. The van der Waals surface area contributed by atoms with Crippen LogP contribution in [0.3, 0.4) is 0 Å². The predicted molar refractivity (Wildman–Crippen MR) is 81.5 cm³/mol. The van der Waals surface area contributed by atoms with Crippen molar-refractivity contribution in [2.45, 2.75) is 13.3 Å². The number of aromatic nitrogens is 1. The molecule has 0 unspecified atom stereocenters. The number of rotatable bonds is 5. The second-order valence-corrected chi connectivity index (χ2v) is 4.52. The van der Waals surface area contributed by atoms with Crippen molar-refractivity contribution in [1.29, 1.82) is 0 Å². The van der Waals surface area contributed by atoms with E-state index in [0.717, 1.165) is 17.0 Å². The van der Waals surface area contributed by atoms with Gasteiger partial charge in [-0.15, -0.1) is 0 Å². The average molecular weight is 283 g/mol. The van der Waals surface area contributed by atoms with Crippen molar-refractivity contribution < 1.29 is 9.53 Å². The van der Waals surface area contributed by atoms with Crippen LogP contribution in [-0.4, -0.2) is 23.7 Å². The van der Waals surface area contributed by atoms with Crippen LogP contribution in [0.15, 0.2) is 53.9 Å². The Morgan fingerprint density at radius 1 is 1.29 bits per heavy atom. The van der Waals surface area contributed by atoms with Crippen LogP contribution in [0.2, 0.25) is 0 Å². The van der Waals surface area contributed by atoms with Crippen molar-refractivity contribution in [3.8, 4) is 5.75 Å². The van der Waals surface area contributed by atoms with E-state index in [-0.39, 0.29) is 5.91 Å². The summed E-state index contributed by atoms with van der Waals surface area (Å²) in [4.78, 5) is 15.7. The minimum absolute atomic E-state index is 0.275. The Hall–Kier alpha value is -2.69. The number of benzene rings is 1. The van der Waals surface area contributed by atoms with Gasteiger partial charge in [0.2, 0.25) is 0 Å². The van der Waals surface area contributed by atoms with Gasteiger partial charge >= 0.3 is 0 Å². The molecule has 0 atom stereocenters. The van der Waals surface area contributed by atoms with Crippen molar-refractivity contribution in [2.24, 2.45) is 5.10 Å². The number of pyridine rings is 1. The lowest BCUT2D eigenvalue weighted by atomic mass is 10.1. The molecule has 0 aliphatic carbocycles. The van der Waals surface area contributed by atoms with Crippen molar-refractivity contribution in [1.82, 2.24) is 10.4 Å². The van der Waals surface area contributed by atoms with E-state index in [9.17, 15) is 4.79 Å². The number of carbonyl (C=O) groups is 1. The van der Waals surface area contributed by atoms with Crippen LogP contribution in [-0.2, 0) is 6.42 Å². The molecule has 0 aliphatic heterocycles. The molecule has 21 heavy (non-hydrogen) atoms. The Labute approximate surface area is 123 Å². The van der Waals surface area contributed by atoms with E-state index in [1.807, 2.05) is 31.2 Å². The first-order valence-corrected chi connectivity index (χ1v) is 6.56. The van der Waals surface area contributed by atoms with Crippen molar-refractivity contribution in [2.75, 3.05) is 7.11 Å². The van der Waals surface area contributed by atoms with E-state index in [0.29, 0.717) is 12.0 Å². The standard InChI is InChI=1S/C16H17N3O2/c1-12(10-13-6-3-4-8-15(13)21-2)18-19-16(20)14-7-5-9-17-11-14/h3-9,11H,10H2,1-2H3,(H,19,20)/b18-12-. The normalized spacial score (nSPS) is 11.0. The Bertz CT molecular complexity index is 639. The van der Waals surface area contributed by atoms with Crippen molar-refractivity contribution in [3.63, 3.8) is 0 Å². The molecule has 0 aliphatic rings. The number of nitrogens with one attached hydrogen (secondary N) is 1. The number of hydrazone groups is 1. The molecule has 5 nitrogen and oxygen atoms in total. The maximum atomic E-state index is 11.8. The first-order valence-electron chi connectivity index (χ1n) is 6.56. The summed E-state index contributed by atoms with van der Waals surface area (Å²) < 4.78 is 5.29. The van der Waals surface area contributed by atoms with E-state index in [1.54, 1.807) is 25.4 Å². The van der Waals surface area contributed by atoms with E-state index >= 15 is 0 Å². The third-order valence-corrected chi connectivity index (χ3v) is 2.91. The van der Waals surface area contributed by atoms with Gasteiger partial charge in [0.05, 0.1) is 12.7 Å². The van der Waals surface area contributed by atoms with E-state index < -0.39 is 0 Å². The van der Waals surface area contributed by atoms with Crippen LogP contribution in [0, 0.1) is 0 Å². The molecule has 1 amide bonds. The molecule has 1 aromatic heterocycles. The van der Waals surface area contributed by atoms with Gasteiger partial charge in [0.1, 0.15) is 5.75 Å². The van der Waals surface area contributed by atoms with Gasteiger partial charge in [-0.25, -0.2) is 5.43 Å². The van der Waals surface area contributed by atoms with Crippen LogP contribution in [0.5, 0.6) is 5.75 Å². The second kappa shape index (κ2) is 7.19. The maximum absolute atomic E-state index is 11.8. The monoisotopic (exact) mass is 283 g/mol. The van der Waals surface area contributed by atoms with Gasteiger partial charge < -0.3 is 4.74 Å². The first-order chi connectivity index (χ1) is 10.2. The van der Waals surface area contributed by atoms with Gasteiger partial charge in [-0.1, -0.05) is 18.2 Å². The highest BCUT2D eigenvalue weighted by molar-refractivity contribution is 5.95. The molecule has 2 rings (SSSR count). The third kappa shape index (κ3) is 4.14. The SMILES string of the molecule is COc1ccccc1C/C(C)=N\NC(=O)c1cccnc1. The van der Waals surface area contributed by atoms with Crippen molar-refractivity contribution >= 4 is 11.6 Å². The Morgan fingerprint density at radius 2 is 2.10 bits per heavy atom. The Kier molecular flexibility index (Phi) is 5.04. The minimum Gasteiger partial charge on any atom is -0.496 e. The van der Waals surface area contributed by atoms with Crippen LogP contribution >= 0.6 is 0 Å². The zero-order chi connectivity index (χ0) is 15.1. The Balaban J connectivity index is 2.00. The largest absolute Gasteiger partial charge is 0.496 e. The molecule has 0 saturated carbocycles. The number of methoxy groups -OCH3 is 1. The number of hydrogen-bond donors (Lipinski definition) is 1. The van der Waals surface area contributed by atoms with Gasteiger partial charge in [-0.2, -0.15) is 5.10 Å². The van der Waals surface area contributed by atoms with Gasteiger partial charge in [0.15, 0.2) is 0 Å². The number of ether oxygens (including phenoxy) is 1. The number of amides is 1. The molecule has 0 radical (unpaired) electrons. The summed E-state index contributed by atoms with van der Waals surface area (Å²) >= 11 is 0. The summed E-state index contributed by atoms with van der Waals surface area (Å²) in [5.41, 5.74) is 4.82. The smallest absolute Gasteiger partial charge is 0.272 e. The van der Waals surface area contributed by atoms with E-state index in [4.69, 9.17) is 4.74 Å². The molecule has 0 saturated heterocycles. The number of hydrogen-bond acceptors (Lipinski definition) is 4. The molecule has 0 bridgehead atoms. The predicted octanol–water partition coefficient (Wildman–Crippen LogP) is 2.44. The second-order valence-electron chi connectivity index (χ2n) is 4.52. The zero-order valence-electron chi connectivity index (χ0n) is 12.0. The third-order valence-electron chi connectivity index (χ3n) is 2.91. The zero-order valence-corrected chi connectivity index (χ0v) is 12.0. The van der Waals surface area contributed by atoms with Crippen LogP contribution < -0.4 is 10.2 Å². The van der Waals surface area contributed by atoms with Crippen LogP contribution in [0.25, 0.3) is 0 Å².